The minimum Gasteiger partial charge on any atom is -0.434 e. The fourth-order valence-electron chi connectivity index (χ4n) is 4.79. The van der Waals surface area contributed by atoms with Crippen molar-refractivity contribution in [3.8, 4) is 16.2 Å². The molecule has 2 heterocycles. The summed E-state index contributed by atoms with van der Waals surface area (Å²) in [6, 6.07) is 20.8. The van der Waals surface area contributed by atoms with E-state index in [4.69, 9.17) is 15.2 Å². The Morgan fingerprint density at radius 2 is 1.64 bits per heavy atom. The monoisotopic (exact) mass is 589 g/mol. The molecule has 10 heteroatoms. The van der Waals surface area contributed by atoms with Crippen LogP contribution in [0.4, 0.5) is 19.3 Å². The highest BCUT2D eigenvalue weighted by atomic mass is 32.1. The highest BCUT2D eigenvalue weighted by molar-refractivity contribution is 7.22. The predicted molar refractivity (Wildman–Crippen MR) is 161 cm³/mol. The van der Waals surface area contributed by atoms with Gasteiger partial charge in [0.2, 0.25) is 5.43 Å². The molecule has 3 aromatic carbocycles. The van der Waals surface area contributed by atoms with Crippen molar-refractivity contribution in [1.82, 2.24) is 9.47 Å². The van der Waals surface area contributed by atoms with Crippen molar-refractivity contribution < 1.29 is 23.0 Å². The Bertz CT molecular complexity index is 1770. The molecule has 0 radical (unpaired) electrons. The van der Waals surface area contributed by atoms with Gasteiger partial charge in [-0.15, -0.1) is 11.3 Å². The first-order valence-corrected chi connectivity index (χ1v) is 14.1. The zero-order chi connectivity index (χ0) is 29.8. The van der Waals surface area contributed by atoms with E-state index in [-0.39, 0.29) is 24.5 Å². The summed E-state index contributed by atoms with van der Waals surface area (Å²) in [5, 5.41) is 0.297. The van der Waals surface area contributed by atoms with Crippen LogP contribution in [0.5, 0.6) is 5.75 Å². The number of nitrogens with two attached hydrogens (primary N) is 1. The first-order chi connectivity index (χ1) is 20.2. The van der Waals surface area contributed by atoms with Crippen LogP contribution in [0.2, 0.25) is 0 Å². The van der Waals surface area contributed by atoms with Crippen LogP contribution in [0.25, 0.3) is 20.7 Å². The van der Waals surface area contributed by atoms with Crippen molar-refractivity contribution in [2.24, 2.45) is 0 Å². The number of thiophene rings is 1. The summed E-state index contributed by atoms with van der Waals surface area (Å²) in [5.74, 6) is -1.76. The van der Waals surface area contributed by atoms with E-state index in [1.54, 1.807) is 23.6 Å². The van der Waals surface area contributed by atoms with Gasteiger partial charge in [-0.2, -0.15) is 0 Å². The average molecular weight is 590 g/mol. The van der Waals surface area contributed by atoms with E-state index in [0.29, 0.717) is 34.6 Å². The molecule has 5 aromatic rings. The Morgan fingerprint density at radius 3 is 2.31 bits per heavy atom. The van der Waals surface area contributed by atoms with Crippen LogP contribution in [0.3, 0.4) is 0 Å². The van der Waals surface area contributed by atoms with Crippen LogP contribution >= 0.6 is 11.3 Å². The molecule has 0 saturated carbocycles. The average Bonchev–Trinajstić information content (AvgIpc) is 3.33. The molecule has 0 bridgehead atoms. The maximum atomic E-state index is 14.8. The van der Waals surface area contributed by atoms with E-state index in [1.165, 1.54) is 35.7 Å². The molecular formula is C32H29F2N3O4S. The van der Waals surface area contributed by atoms with Gasteiger partial charge in [-0.1, -0.05) is 48.5 Å². The minimum atomic E-state index is -1.05. The van der Waals surface area contributed by atoms with Gasteiger partial charge in [-0.3, -0.25) is 9.69 Å². The number of nitrogens with zero attached hydrogens (tertiary/aromatic N) is 2. The highest BCUT2D eigenvalue weighted by Crippen LogP contribution is 2.39. The lowest BCUT2D eigenvalue weighted by atomic mass is 10.0. The Hall–Kier alpha value is -4.54. The van der Waals surface area contributed by atoms with E-state index >= 15 is 0 Å². The Labute approximate surface area is 245 Å². The van der Waals surface area contributed by atoms with Crippen LogP contribution in [0.1, 0.15) is 23.6 Å². The summed E-state index contributed by atoms with van der Waals surface area (Å²) in [6.07, 6.45) is 0.253. The first-order valence-electron chi connectivity index (χ1n) is 13.3. The Morgan fingerprint density at radius 1 is 0.952 bits per heavy atom. The minimum absolute atomic E-state index is 0.0466. The molecule has 0 atom stereocenters. The molecule has 0 amide bonds. The quantitative estimate of drug-likeness (QED) is 0.150. The molecule has 2 N–H and O–H groups in total. The zero-order valence-electron chi connectivity index (χ0n) is 23.1. The molecule has 0 saturated heterocycles. The fraction of sp³-hybridized carbons (Fsp3) is 0.188. The lowest BCUT2D eigenvalue weighted by Gasteiger charge is -2.18. The number of rotatable bonds is 9. The van der Waals surface area contributed by atoms with E-state index < -0.39 is 23.2 Å². The fourth-order valence-corrected chi connectivity index (χ4v) is 6.08. The summed E-state index contributed by atoms with van der Waals surface area (Å²) in [5.41, 5.74) is 8.43. The van der Waals surface area contributed by atoms with Crippen molar-refractivity contribution in [1.29, 1.82) is 0 Å². The third-order valence-electron chi connectivity index (χ3n) is 6.72. The van der Waals surface area contributed by atoms with E-state index in [9.17, 15) is 18.4 Å². The van der Waals surface area contributed by atoms with Crippen molar-refractivity contribution in [3.63, 3.8) is 0 Å². The number of fused-ring (bicyclic) bond motifs is 1. The molecule has 0 spiro atoms. The molecule has 0 aliphatic carbocycles. The SMILES string of the molecule is CCOC(=O)Oc1cn(Cc2c(F)cccc2F)c2sc(-c3ccc(N)cc3)c(CN(C)Cc3ccccc3)c2c1=O. The molecule has 2 aromatic heterocycles. The summed E-state index contributed by atoms with van der Waals surface area (Å²) in [6.45, 7) is 2.39. The van der Waals surface area contributed by atoms with Gasteiger partial charge in [-0.05, 0) is 54.9 Å². The number of benzene rings is 3. The number of nitrogen functional groups attached to an aromatic ring is 1. The van der Waals surface area contributed by atoms with Crippen molar-refractivity contribution in [2.45, 2.75) is 26.6 Å². The summed E-state index contributed by atoms with van der Waals surface area (Å²) < 4.78 is 41.3. The lowest BCUT2D eigenvalue weighted by molar-refractivity contribution is 0.104. The standard InChI is InChI=1S/C32H29F2N3O4S/c1-3-40-32(39)41-27-19-37(18-23-25(33)10-7-11-26(23)34)31-28(29(27)38)24(17-36(2)16-20-8-5-4-6-9-20)30(42-31)21-12-14-22(35)15-13-21/h4-15,19H,3,16-18,35H2,1-2H3. The van der Waals surface area contributed by atoms with Gasteiger partial charge in [0.1, 0.15) is 16.5 Å². The molecule has 0 fully saturated rings. The van der Waals surface area contributed by atoms with Crippen LogP contribution in [0.15, 0.2) is 83.8 Å². The number of anilines is 1. The summed E-state index contributed by atoms with van der Waals surface area (Å²) in [4.78, 5) is 29.5. The number of aromatic nitrogens is 1. The second kappa shape index (κ2) is 12.5. The second-order valence-corrected chi connectivity index (χ2v) is 10.8. The maximum Gasteiger partial charge on any atom is 0.514 e. The smallest absolute Gasteiger partial charge is 0.434 e. The van der Waals surface area contributed by atoms with Crippen molar-refractivity contribution in [2.75, 3.05) is 19.4 Å². The largest absolute Gasteiger partial charge is 0.514 e. The van der Waals surface area contributed by atoms with Gasteiger partial charge < -0.3 is 19.8 Å². The van der Waals surface area contributed by atoms with E-state index in [2.05, 4.69) is 4.90 Å². The molecule has 0 unspecified atom stereocenters. The number of ether oxygens (including phenoxy) is 2. The normalized spacial score (nSPS) is 11.3. The molecule has 0 aliphatic heterocycles. The number of carbonyl (C=O) groups excluding carboxylic acids is 1. The van der Waals surface area contributed by atoms with Crippen LogP contribution in [-0.2, 0) is 24.4 Å². The maximum absolute atomic E-state index is 14.8. The topological polar surface area (TPSA) is 86.8 Å². The Balaban J connectivity index is 1.72. The Kier molecular flexibility index (Phi) is 8.65. The molecule has 5 rings (SSSR count). The molecule has 42 heavy (non-hydrogen) atoms. The lowest BCUT2D eigenvalue weighted by Crippen LogP contribution is -2.21. The van der Waals surface area contributed by atoms with Crippen LogP contribution in [0, 0.1) is 11.6 Å². The van der Waals surface area contributed by atoms with Gasteiger partial charge in [0.05, 0.1) is 24.7 Å². The summed E-state index contributed by atoms with van der Waals surface area (Å²) in [7, 11) is 1.94. The molecule has 0 aliphatic rings. The van der Waals surface area contributed by atoms with Crippen LogP contribution < -0.4 is 15.9 Å². The van der Waals surface area contributed by atoms with Crippen LogP contribution in [-0.4, -0.2) is 29.3 Å². The van der Waals surface area contributed by atoms with Gasteiger partial charge in [-0.25, -0.2) is 13.6 Å². The third kappa shape index (κ3) is 6.19. The number of hydrogen-bond acceptors (Lipinski definition) is 7. The number of halogens is 2. The van der Waals surface area contributed by atoms with Gasteiger partial charge in [0.15, 0.2) is 5.75 Å². The number of pyridine rings is 1. The highest BCUT2D eigenvalue weighted by Gasteiger charge is 2.24. The first kappa shape index (κ1) is 29.0. The number of carbonyl (C=O) groups is 1. The van der Waals surface area contributed by atoms with Gasteiger partial charge >= 0.3 is 6.16 Å². The molecule has 216 valence electrons. The number of hydrogen-bond donors (Lipinski definition) is 1. The van der Waals surface area contributed by atoms with Crippen molar-refractivity contribution in [3.05, 3.63) is 118 Å². The van der Waals surface area contributed by atoms with E-state index in [0.717, 1.165) is 16.0 Å². The molecular weight excluding hydrogens is 560 g/mol. The van der Waals surface area contributed by atoms with Crippen molar-refractivity contribution >= 4 is 33.4 Å². The zero-order valence-corrected chi connectivity index (χ0v) is 23.9. The summed E-state index contributed by atoms with van der Waals surface area (Å²) >= 11 is 1.32. The van der Waals surface area contributed by atoms with Gasteiger partial charge in [0.25, 0.3) is 0 Å². The van der Waals surface area contributed by atoms with Gasteiger partial charge in [0, 0.05) is 29.2 Å². The third-order valence-corrected chi connectivity index (χ3v) is 8.03. The van der Waals surface area contributed by atoms with E-state index in [1.807, 2.05) is 49.5 Å². The second-order valence-electron chi connectivity index (χ2n) is 9.81. The molecule has 7 nitrogen and oxygen atoms in total. The predicted octanol–water partition coefficient (Wildman–Crippen LogP) is 6.81.